The fraction of sp³-hybridized carbons (Fsp3) is 0.471. The van der Waals surface area contributed by atoms with Gasteiger partial charge in [-0.2, -0.15) is 0 Å². The van der Waals surface area contributed by atoms with Crippen LogP contribution < -0.4 is 5.32 Å². The van der Waals surface area contributed by atoms with Gasteiger partial charge in [0.2, 0.25) is 5.91 Å². The van der Waals surface area contributed by atoms with Gasteiger partial charge in [-0.15, -0.1) is 0 Å². The number of amides is 1. The molecule has 0 heterocycles. The van der Waals surface area contributed by atoms with Gasteiger partial charge in [0.15, 0.2) is 0 Å². The molecule has 0 aromatic heterocycles. The summed E-state index contributed by atoms with van der Waals surface area (Å²) < 4.78 is 0. The molecular weight excluding hydrogens is 298 g/mol. The van der Waals surface area contributed by atoms with E-state index in [4.69, 9.17) is 12.2 Å². The molecule has 1 rings (SSSR count). The van der Waals surface area contributed by atoms with E-state index >= 15 is 0 Å². The molecule has 5 heteroatoms. The molecule has 0 bridgehead atoms. The van der Waals surface area contributed by atoms with Crippen LogP contribution in [0.4, 0.5) is 0 Å². The van der Waals surface area contributed by atoms with E-state index < -0.39 is 17.9 Å². The van der Waals surface area contributed by atoms with Crippen LogP contribution in [-0.2, 0) is 16.0 Å². The first-order chi connectivity index (χ1) is 10.4. The molecule has 4 nitrogen and oxygen atoms in total. The van der Waals surface area contributed by atoms with Crippen molar-refractivity contribution in [1.82, 2.24) is 5.32 Å². The molecule has 0 radical (unpaired) electrons. The molecule has 0 aliphatic heterocycles. The van der Waals surface area contributed by atoms with Crippen LogP contribution in [-0.4, -0.2) is 28.4 Å². The zero-order valence-electron chi connectivity index (χ0n) is 13.0. The van der Waals surface area contributed by atoms with Gasteiger partial charge in [0.25, 0.3) is 0 Å². The number of hydrogen-bond acceptors (Lipinski definition) is 3. The highest BCUT2D eigenvalue weighted by Gasteiger charge is 2.24. The summed E-state index contributed by atoms with van der Waals surface area (Å²) in [5, 5.41) is 13.2. The molecule has 0 spiro atoms. The van der Waals surface area contributed by atoms with Crippen molar-refractivity contribution in [3.05, 3.63) is 35.9 Å². The van der Waals surface area contributed by atoms with Gasteiger partial charge >= 0.3 is 5.97 Å². The third-order valence-electron chi connectivity index (χ3n) is 3.41. The highest BCUT2D eigenvalue weighted by atomic mass is 32.1. The third kappa shape index (κ3) is 6.35. The van der Waals surface area contributed by atoms with E-state index in [9.17, 15) is 14.7 Å². The second kappa shape index (κ2) is 9.30. The molecule has 2 atom stereocenters. The van der Waals surface area contributed by atoms with Crippen molar-refractivity contribution < 1.29 is 14.7 Å². The molecule has 120 valence electrons. The van der Waals surface area contributed by atoms with E-state index in [0.29, 0.717) is 12.8 Å². The largest absolute Gasteiger partial charge is 0.480 e. The van der Waals surface area contributed by atoms with E-state index in [0.717, 1.165) is 12.0 Å². The Morgan fingerprint density at radius 2 is 1.91 bits per heavy atom. The lowest BCUT2D eigenvalue weighted by Crippen LogP contribution is -2.44. The van der Waals surface area contributed by atoms with Crippen molar-refractivity contribution in [2.45, 2.75) is 39.2 Å². The first-order valence-corrected chi connectivity index (χ1v) is 7.93. The van der Waals surface area contributed by atoms with Crippen LogP contribution in [0.3, 0.4) is 0 Å². The Bertz CT molecular complexity index is 502. The molecule has 0 fully saturated rings. The summed E-state index contributed by atoms with van der Waals surface area (Å²) in [4.78, 5) is 23.4. The molecule has 1 aromatic rings. The smallest absolute Gasteiger partial charge is 0.326 e. The van der Waals surface area contributed by atoms with Gasteiger partial charge in [-0.25, -0.2) is 4.79 Å². The molecule has 0 aliphatic carbocycles. The number of aryl methyl sites for hydroxylation is 1. The number of rotatable bonds is 9. The third-order valence-corrected chi connectivity index (χ3v) is 3.74. The van der Waals surface area contributed by atoms with E-state index in [2.05, 4.69) is 5.32 Å². The Kier molecular flexibility index (Phi) is 7.74. The van der Waals surface area contributed by atoms with E-state index in [1.165, 1.54) is 5.37 Å². The zero-order valence-corrected chi connectivity index (χ0v) is 13.8. The summed E-state index contributed by atoms with van der Waals surface area (Å²) in [6.45, 7) is 3.85. The molecule has 1 unspecified atom stereocenters. The minimum Gasteiger partial charge on any atom is -0.480 e. The maximum absolute atomic E-state index is 12.2. The quantitative estimate of drug-likeness (QED) is 0.686. The summed E-state index contributed by atoms with van der Waals surface area (Å²) in [5.41, 5.74) is 1.13. The number of carboxylic acids is 1. The normalized spacial score (nSPS) is 13.4. The van der Waals surface area contributed by atoms with E-state index in [1.807, 2.05) is 44.2 Å². The lowest BCUT2D eigenvalue weighted by atomic mass is 9.98. The first-order valence-electron chi connectivity index (χ1n) is 7.46. The molecule has 1 amide bonds. The molecule has 2 N–H and O–H groups in total. The standard InChI is InChI=1S/C17H23NO3S/c1-12(2)10-15(17(20)21)18-16(19)14(11-22)9-8-13-6-4-3-5-7-13/h3-7,11-12,14-15H,8-10H2,1-2H3,(H,18,19)(H,20,21)/t14?,15-/m0/s1. The van der Waals surface area contributed by atoms with Crippen LogP contribution in [0.25, 0.3) is 0 Å². The fourth-order valence-corrected chi connectivity index (χ4v) is 2.46. The van der Waals surface area contributed by atoms with Gasteiger partial charge < -0.3 is 10.4 Å². The average molecular weight is 321 g/mol. The molecule has 0 saturated heterocycles. The Morgan fingerprint density at radius 3 is 2.41 bits per heavy atom. The Hall–Kier alpha value is -1.75. The molecule has 1 aromatic carbocycles. The van der Waals surface area contributed by atoms with Crippen LogP contribution in [0.1, 0.15) is 32.3 Å². The van der Waals surface area contributed by atoms with Crippen molar-refractivity contribution in [2.75, 3.05) is 0 Å². The van der Waals surface area contributed by atoms with Crippen molar-refractivity contribution in [3.8, 4) is 0 Å². The van der Waals surface area contributed by atoms with Crippen molar-refractivity contribution >= 4 is 29.5 Å². The van der Waals surface area contributed by atoms with Crippen LogP contribution in [0.15, 0.2) is 30.3 Å². The van der Waals surface area contributed by atoms with Crippen molar-refractivity contribution in [3.63, 3.8) is 0 Å². The number of benzene rings is 1. The van der Waals surface area contributed by atoms with Gasteiger partial charge in [0, 0.05) is 0 Å². The van der Waals surface area contributed by atoms with Crippen LogP contribution >= 0.6 is 12.2 Å². The Labute approximate surface area is 136 Å². The second-order valence-electron chi connectivity index (χ2n) is 5.80. The predicted octanol–water partition coefficient (Wildman–Crippen LogP) is 2.85. The lowest BCUT2D eigenvalue weighted by molar-refractivity contribution is -0.142. The SMILES string of the molecule is CC(C)C[C@H](NC(=O)C(C=S)CCc1ccccc1)C(=O)O. The number of carboxylic acid groups (broad SMARTS) is 1. The molecule has 0 aliphatic rings. The number of carbonyl (C=O) groups excluding carboxylic acids is 1. The van der Waals surface area contributed by atoms with Crippen LogP contribution in [0, 0.1) is 11.8 Å². The van der Waals surface area contributed by atoms with Crippen molar-refractivity contribution in [1.29, 1.82) is 0 Å². The second-order valence-corrected chi connectivity index (χ2v) is 6.07. The van der Waals surface area contributed by atoms with Crippen molar-refractivity contribution in [2.24, 2.45) is 11.8 Å². The number of aliphatic carboxylic acids is 1. The van der Waals surface area contributed by atoms with Gasteiger partial charge in [0.1, 0.15) is 6.04 Å². The first kappa shape index (κ1) is 18.3. The fourth-order valence-electron chi connectivity index (χ4n) is 2.20. The predicted molar refractivity (Wildman–Crippen MR) is 90.9 cm³/mol. The molecule has 0 saturated carbocycles. The zero-order chi connectivity index (χ0) is 16.5. The summed E-state index contributed by atoms with van der Waals surface area (Å²) >= 11 is 4.94. The Morgan fingerprint density at radius 1 is 1.27 bits per heavy atom. The topological polar surface area (TPSA) is 66.4 Å². The molecular formula is C17H23NO3S. The van der Waals surface area contributed by atoms with Crippen LogP contribution in [0.5, 0.6) is 0 Å². The highest BCUT2D eigenvalue weighted by molar-refractivity contribution is 7.79. The monoisotopic (exact) mass is 321 g/mol. The average Bonchev–Trinajstić information content (AvgIpc) is 2.47. The van der Waals surface area contributed by atoms with E-state index in [1.54, 1.807) is 0 Å². The maximum atomic E-state index is 12.2. The number of hydrogen-bond donors (Lipinski definition) is 2. The summed E-state index contributed by atoms with van der Waals surface area (Å²) in [6, 6.07) is 8.97. The number of carbonyl (C=O) groups is 2. The maximum Gasteiger partial charge on any atom is 0.326 e. The Balaban J connectivity index is 2.59. The van der Waals surface area contributed by atoms with Crippen LogP contribution in [0.2, 0.25) is 0 Å². The minimum atomic E-state index is -1.01. The number of nitrogens with one attached hydrogen (secondary N) is 1. The summed E-state index contributed by atoms with van der Waals surface area (Å²) in [7, 11) is 0. The molecule has 22 heavy (non-hydrogen) atoms. The lowest BCUT2D eigenvalue weighted by Gasteiger charge is -2.19. The van der Waals surface area contributed by atoms with Gasteiger partial charge in [-0.3, -0.25) is 4.79 Å². The van der Waals surface area contributed by atoms with Gasteiger partial charge in [-0.1, -0.05) is 56.4 Å². The summed E-state index contributed by atoms with van der Waals surface area (Å²) in [6.07, 6.45) is 1.71. The van der Waals surface area contributed by atoms with Gasteiger partial charge in [-0.05, 0) is 36.1 Å². The van der Waals surface area contributed by atoms with E-state index in [-0.39, 0.29) is 11.8 Å². The minimum absolute atomic E-state index is 0.191. The summed E-state index contributed by atoms with van der Waals surface area (Å²) in [5.74, 6) is -1.58. The highest BCUT2D eigenvalue weighted by Crippen LogP contribution is 2.11. The number of thiocarbonyl (C=S) groups is 1. The van der Waals surface area contributed by atoms with Gasteiger partial charge in [0.05, 0.1) is 5.92 Å².